The van der Waals surface area contributed by atoms with Gasteiger partial charge in [-0.25, -0.2) is 9.97 Å². The Balaban J connectivity index is 1.82. The lowest BCUT2D eigenvalue weighted by Crippen LogP contribution is -2.25. The maximum absolute atomic E-state index is 6.45. The van der Waals surface area contributed by atoms with Gasteiger partial charge < -0.3 is 10.2 Å². The fraction of sp³-hybridized carbons (Fsp3) is 0.455. The standard InChI is InChI=1S/C22H29ClN4/c1-5-27(6-2)13-9-10-15(3)24-20-14-18-17-11-7-8-12-19(17)26-22(23)21(18)16(4)25-20/h7-8,11-12,14-15H,5-6,9-10,13H2,1-4H3,(H,24,25). The molecule has 3 aromatic rings. The second-order valence-electron chi connectivity index (χ2n) is 7.15. The molecule has 4 nitrogen and oxygen atoms in total. The van der Waals surface area contributed by atoms with Gasteiger partial charge in [-0.15, -0.1) is 0 Å². The summed E-state index contributed by atoms with van der Waals surface area (Å²) in [5.41, 5.74) is 1.83. The van der Waals surface area contributed by atoms with Crippen LogP contribution in [0.4, 0.5) is 5.82 Å². The SMILES string of the molecule is CCN(CC)CCCC(C)Nc1cc2c(c(C)n1)c(Cl)nc1ccccc12. The molecule has 144 valence electrons. The molecule has 0 aliphatic rings. The molecule has 0 spiro atoms. The van der Waals surface area contributed by atoms with E-state index in [1.165, 1.54) is 6.42 Å². The van der Waals surface area contributed by atoms with Gasteiger partial charge in [0.05, 0.1) is 11.2 Å². The van der Waals surface area contributed by atoms with Gasteiger partial charge in [-0.1, -0.05) is 43.6 Å². The molecule has 0 bridgehead atoms. The molecular formula is C22H29ClN4. The highest BCUT2D eigenvalue weighted by Gasteiger charge is 2.13. The van der Waals surface area contributed by atoms with E-state index in [4.69, 9.17) is 16.6 Å². The number of hydrogen-bond acceptors (Lipinski definition) is 4. The van der Waals surface area contributed by atoms with Gasteiger partial charge in [0.15, 0.2) is 0 Å². The molecule has 0 aliphatic carbocycles. The number of fused-ring (bicyclic) bond motifs is 3. The molecule has 0 fully saturated rings. The number of halogens is 1. The molecule has 1 aromatic carbocycles. The highest BCUT2D eigenvalue weighted by Crippen LogP contribution is 2.32. The fourth-order valence-electron chi connectivity index (χ4n) is 3.67. The van der Waals surface area contributed by atoms with Crippen molar-refractivity contribution < 1.29 is 0 Å². The fourth-order valence-corrected chi connectivity index (χ4v) is 4.00. The summed E-state index contributed by atoms with van der Waals surface area (Å²) in [5.74, 6) is 0.905. The number of aromatic nitrogens is 2. The lowest BCUT2D eigenvalue weighted by Gasteiger charge is -2.20. The largest absolute Gasteiger partial charge is 0.368 e. The van der Waals surface area contributed by atoms with Gasteiger partial charge in [0.1, 0.15) is 11.0 Å². The maximum atomic E-state index is 6.45. The van der Waals surface area contributed by atoms with E-state index in [1.54, 1.807) is 0 Å². The number of hydrogen-bond donors (Lipinski definition) is 1. The Labute approximate surface area is 166 Å². The predicted octanol–water partition coefficient (Wildman–Crippen LogP) is 5.67. The van der Waals surface area contributed by atoms with Crippen LogP contribution < -0.4 is 5.32 Å². The lowest BCUT2D eigenvalue weighted by molar-refractivity contribution is 0.295. The zero-order valence-electron chi connectivity index (χ0n) is 16.7. The molecule has 0 radical (unpaired) electrons. The van der Waals surface area contributed by atoms with Gasteiger partial charge in [0.2, 0.25) is 0 Å². The van der Waals surface area contributed by atoms with Gasteiger partial charge in [-0.3, -0.25) is 0 Å². The van der Waals surface area contributed by atoms with Gasteiger partial charge in [-0.05, 0) is 63.8 Å². The van der Waals surface area contributed by atoms with Crippen molar-refractivity contribution >= 4 is 39.1 Å². The zero-order valence-corrected chi connectivity index (χ0v) is 17.5. The average Bonchev–Trinajstić information content (AvgIpc) is 2.65. The third-order valence-corrected chi connectivity index (χ3v) is 5.49. The van der Waals surface area contributed by atoms with Gasteiger partial charge in [0, 0.05) is 16.8 Å². The van der Waals surface area contributed by atoms with E-state index in [2.05, 4.69) is 48.1 Å². The van der Waals surface area contributed by atoms with Crippen molar-refractivity contribution in [2.24, 2.45) is 0 Å². The molecule has 0 saturated heterocycles. The second-order valence-corrected chi connectivity index (χ2v) is 7.51. The van der Waals surface area contributed by atoms with Crippen molar-refractivity contribution in [1.82, 2.24) is 14.9 Å². The topological polar surface area (TPSA) is 41.0 Å². The first-order chi connectivity index (χ1) is 13.0. The van der Waals surface area contributed by atoms with Crippen LogP contribution >= 0.6 is 11.6 Å². The summed E-state index contributed by atoms with van der Waals surface area (Å²) in [5, 5.41) is 7.25. The summed E-state index contributed by atoms with van der Waals surface area (Å²) < 4.78 is 0. The first kappa shape index (κ1) is 19.8. The molecule has 0 saturated carbocycles. The molecule has 0 aliphatic heterocycles. The van der Waals surface area contributed by atoms with Gasteiger partial charge >= 0.3 is 0 Å². The molecule has 2 heterocycles. The Morgan fingerprint density at radius 3 is 2.59 bits per heavy atom. The molecule has 27 heavy (non-hydrogen) atoms. The number of benzene rings is 1. The summed E-state index contributed by atoms with van der Waals surface area (Å²) in [4.78, 5) is 11.7. The molecule has 0 amide bonds. The third kappa shape index (κ3) is 4.50. The molecule has 3 rings (SSSR count). The van der Waals surface area contributed by atoms with Crippen LogP contribution in [0.15, 0.2) is 30.3 Å². The van der Waals surface area contributed by atoms with Crippen molar-refractivity contribution in [2.75, 3.05) is 25.0 Å². The third-order valence-electron chi connectivity index (χ3n) is 5.22. The predicted molar refractivity (Wildman–Crippen MR) is 117 cm³/mol. The van der Waals surface area contributed by atoms with E-state index in [-0.39, 0.29) is 0 Å². The molecule has 2 aromatic heterocycles. The summed E-state index contributed by atoms with van der Waals surface area (Å²) in [6.07, 6.45) is 2.30. The number of rotatable bonds is 8. The van der Waals surface area contributed by atoms with Crippen molar-refractivity contribution in [1.29, 1.82) is 0 Å². The number of para-hydroxylation sites is 1. The van der Waals surface area contributed by atoms with Crippen LogP contribution in [0.3, 0.4) is 0 Å². The monoisotopic (exact) mass is 384 g/mol. The van der Waals surface area contributed by atoms with Crippen LogP contribution in [-0.2, 0) is 0 Å². The smallest absolute Gasteiger partial charge is 0.139 e. The van der Waals surface area contributed by atoms with Crippen LogP contribution in [0.1, 0.15) is 39.3 Å². The van der Waals surface area contributed by atoms with E-state index in [9.17, 15) is 0 Å². The number of pyridine rings is 2. The lowest BCUT2D eigenvalue weighted by atomic mass is 10.1. The minimum Gasteiger partial charge on any atom is -0.368 e. The van der Waals surface area contributed by atoms with Crippen LogP contribution in [0.2, 0.25) is 5.15 Å². The maximum Gasteiger partial charge on any atom is 0.139 e. The minimum atomic E-state index is 0.369. The highest BCUT2D eigenvalue weighted by atomic mass is 35.5. The van der Waals surface area contributed by atoms with Crippen molar-refractivity contribution in [3.63, 3.8) is 0 Å². The summed E-state index contributed by atoms with van der Waals surface area (Å²) in [7, 11) is 0. The second kappa shape index (κ2) is 8.85. The molecule has 1 N–H and O–H groups in total. The quantitative estimate of drug-likeness (QED) is 0.401. The van der Waals surface area contributed by atoms with Crippen LogP contribution in [0.5, 0.6) is 0 Å². The van der Waals surface area contributed by atoms with Crippen molar-refractivity contribution in [2.45, 2.75) is 46.6 Å². The summed E-state index contributed by atoms with van der Waals surface area (Å²) in [6, 6.07) is 10.6. The minimum absolute atomic E-state index is 0.369. The number of anilines is 1. The number of aryl methyl sites for hydroxylation is 1. The Morgan fingerprint density at radius 1 is 1.11 bits per heavy atom. The summed E-state index contributed by atoms with van der Waals surface area (Å²) >= 11 is 6.45. The zero-order chi connectivity index (χ0) is 19.4. The Hall–Kier alpha value is -1.91. The molecule has 1 unspecified atom stereocenters. The van der Waals surface area contributed by atoms with Crippen LogP contribution in [-0.4, -0.2) is 40.5 Å². The van der Waals surface area contributed by atoms with E-state index in [0.717, 1.165) is 59.2 Å². The highest BCUT2D eigenvalue weighted by molar-refractivity contribution is 6.36. The Morgan fingerprint density at radius 2 is 1.85 bits per heavy atom. The molecule has 1 atom stereocenters. The van der Waals surface area contributed by atoms with Crippen LogP contribution in [0.25, 0.3) is 21.7 Å². The first-order valence-corrected chi connectivity index (χ1v) is 10.3. The van der Waals surface area contributed by atoms with Crippen molar-refractivity contribution in [3.8, 4) is 0 Å². The summed E-state index contributed by atoms with van der Waals surface area (Å²) in [6.45, 7) is 12.0. The van der Waals surface area contributed by atoms with E-state index >= 15 is 0 Å². The molecular weight excluding hydrogens is 356 g/mol. The van der Waals surface area contributed by atoms with Gasteiger partial charge in [-0.2, -0.15) is 0 Å². The Bertz CT molecular complexity index is 921. The van der Waals surface area contributed by atoms with E-state index < -0.39 is 0 Å². The van der Waals surface area contributed by atoms with Crippen LogP contribution in [0, 0.1) is 6.92 Å². The Kier molecular flexibility index (Phi) is 6.51. The normalized spacial score (nSPS) is 12.8. The number of nitrogens with zero attached hydrogens (tertiary/aromatic N) is 3. The van der Waals surface area contributed by atoms with Gasteiger partial charge in [0.25, 0.3) is 0 Å². The van der Waals surface area contributed by atoms with Crippen molar-refractivity contribution in [3.05, 3.63) is 41.2 Å². The number of nitrogens with one attached hydrogen (secondary N) is 1. The molecule has 5 heteroatoms. The van der Waals surface area contributed by atoms with E-state index in [0.29, 0.717) is 11.2 Å². The first-order valence-electron chi connectivity index (χ1n) is 9.88. The van der Waals surface area contributed by atoms with E-state index in [1.807, 2.05) is 25.1 Å². The average molecular weight is 385 g/mol.